The molecule has 0 bridgehead atoms. The summed E-state index contributed by atoms with van der Waals surface area (Å²) < 4.78 is 67.0. The van der Waals surface area contributed by atoms with Crippen LogP contribution in [0.3, 0.4) is 0 Å². The smallest absolute Gasteiger partial charge is 0.406 e. The highest BCUT2D eigenvalue weighted by molar-refractivity contribution is 5.95. The summed E-state index contributed by atoms with van der Waals surface area (Å²) in [4.78, 5) is 14.0. The van der Waals surface area contributed by atoms with Crippen molar-refractivity contribution in [3.05, 3.63) is 53.5 Å². The predicted molar refractivity (Wildman–Crippen MR) is 159 cm³/mol. The molecule has 3 heterocycles. The highest BCUT2D eigenvalue weighted by Gasteiger charge is 2.50. The van der Waals surface area contributed by atoms with Crippen LogP contribution >= 0.6 is 0 Å². The molecular weight excluding hydrogens is 578 g/mol. The molecule has 12 heteroatoms. The Morgan fingerprint density at radius 1 is 1.14 bits per heavy atom. The minimum Gasteiger partial charge on any atom is -0.495 e. The van der Waals surface area contributed by atoms with E-state index >= 15 is 0 Å². The molecule has 3 aromatic rings. The Labute approximate surface area is 252 Å². The number of carbonyl (C=O) groups excluding carboxylic acids is 1. The maximum absolute atomic E-state index is 14.3. The lowest BCUT2D eigenvalue weighted by Crippen LogP contribution is -2.68. The fraction of sp³-hybridized carbons (Fsp3) is 0.469. The molecule has 234 valence electrons. The minimum absolute atomic E-state index is 0.0151. The van der Waals surface area contributed by atoms with Gasteiger partial charge in [0.1, 0.15) is 18.1 Å². The van der Waals surface area contributed by atoms with Crippen molar-refractivity contribution in [2.24, 2.45) is 11.1 Å². The first kappa shape index (κ1) is 30.1. The number of amides is 1. The van der Waals surface area contributed by atoms with E-state index in [2.05, 4.69) is 27.4 Å². The molecule has 1 amide bonds. The second-order valence-corrected chi connectivity index (χ2v) is 12.1. The fourth-order valence-corrected chi connectivity index (χ4v) is 6.64. The number of benzene rings is 2. The molecule has 0 unspecified atom stereocenters. The van der Waals surface area contributed by atoms with Crippen LogP contribution in [-0.4, -0.2) is 73.6 Å². The van der Waals surface area contributed by atoms with Crippen molar-refractivity contribution in [1.82, 2.24) is 9.47 Å². The summed E-state index contributed by atoms with van der Waals surface area (Å²) in [6, 6.07) is 10.1. The van der Waals surface area contributed by atoms with E-state index in [-0.39, 0.29) is 35.3 Å². The van der Waals surface area contributed by atoms with Crippen molar-refractivity contribution in [2.75, 3.05) is 50.6 Å². The molecule has 44 heavy (non-hydrogen) atoms. The number of nitrogens with zero attached hydrogens (tertiary/aromatic N) is 2. The van der Waals surface area contributed by atoms with E-state index in [1.807, 2.05) is 6.07 Å². The topological polar surface area (TPSA) is 93.8 Å². The summed E-state index contributed by atoms with van der Waals surface area (Å²) >= 11 is 0. The Kier molecular flexibility index (Phi) is 8.11. The highest BCUT2D eigenvalue weighted by Crippen LogP contribution is 2.41. The number of nitrogens with one attached hydrogen (secondary N) is 2. The molecular formula is C32H35F4N5O3. The molecule has 2 saturated heterocycles. The molecule has 3 fully saturated rings. The minimum atomic E-state index is -4.45. The van der Waals surface area contributed by atoms with Crippen molar-refractivity contribution in [2.45, 2.75) is 50.5 Å². The zero-order valence-corrected chi connectivity index (χ0v) is 24.4. The third-order valence-electron chi connectivity index (χ3n) is 8.89. The first-order chi connectivity index (χ1) is 21.0. The Morgan fingerprint density at radius 3 is 2.52 bits per heavy atom. The summed E-state index contributed by atoms with van der Waals surface area (Å²) in [5.74, 6) is 4.11. The molecule has 2 aliphatic heterocycles. The number of fused-ring (bicyclic) bond motifs is 1. The van der Waals surface area contributed by atoms with Gasteiger partial charge in [-0.25, -0.2) is 4.39 Å². The number of alkyl halides is 3. The summed E-state index contributed by atoms with van der Waals surface area (Å²) in [5.41, 5.74) is 6.95. The number of carbonyl (C=O) groups is 1. The van der Waals surface area contributed by atoms with Crippen LogP contribution in [0.1, 0.15) is 41.7 Å². The number of halogens is 4. The van der Waals surface area contributed by atoms with E-state index in [4.69, 9.17) is 15.2 Å². The van der Waals surface area contributed by atoms with E-state index in [0.29, 0.717) is 22.4 Å². The number of anilines is 2. The number of likely N-dealkylation sites (tertiary alicyclic amines) is 1. The van der Waals surface area contributed by atoms with Crippen LogP contribution in [-0.2, 0) is 11.3 Å². The van der Waals surface area contributed by atoms with Gasteiger partial charge in [0.05, 0.1) is 49.3 Å². The zero-order chi connectivity index (χ0) is 31.1. The first-order valence-corrected chi connectivity index (χ1v) is 14.7. The average Bonchev–Trinajstić information content (AvgIpc) is 3.27. The number of methoxy groups -OCH3 is 1. The summed E-state index contributed by atoms with van der Waals surface area (Å²) in [7, 11) is 1.35. The van der Waals surface area contributed by atoms with Crippen LogP contribution in [0.15, 0.2) is 36.4 Å². The van der Waals surface area contributed by atoms with E-state index in [9.17, 15) is 22.4 Å². The van der Waals surface area contributed by atoms with Gasteiger partial charge in [-0.1, -0.05) is 12.0 Å². The number of ether oxygens (including phenoxy) is 2. The van der Waals surface area contributed by atoms with Gasteiger partial charge >= 0.3 is 6.18 Å². The maximum atomic E-state index is 14.3. The average molecular weight is 614 g/mol. The number of hydrogen-bond donors (Lipinski definition) is 3. The Balaban J connectivity index is 1.16. The molecule has 0 atom stereocenters. The summed E-state index contributed by atoms with van der Waals surface area (Å²) in [5, 5.41) is 7.18. The van der Waals surface area contributed by atoms with Gasteiger partial charge in [-0.05, 0) is 55.9 Å². The lowest BCUT2D eigenvalue weighted by atomic mass is 9.75. The largest absolute Gasteiger partial charge is 0.495 e. The molecule has 1 aliphatic carbocycles. The van der Waals surface area contributed by atoms with E-state index in [0.717, 1.165) is 63.7 Å². The van der Waals surface area contributed by atoms with Gasteiger partial charge in [-0.2, -0.15) is 13.2 Å². The maximum Gasteiger partial charge on any atom is 0.406 e. The van der Waals surface area contributed by atoms with Gasteiger partial charge in [0.15, 0.2) is 0 Å². The van der Waals surface area contributed by atoms with Crippen LogP contribution < -0.4 is 21.1 Å². The third kappa shape index (κ3) is 6.16. The molecule has 1 saturated carbocycles. The molecule has 6 rings (SSSR count). The van der Waals surface area contributed by atoms with Gasteiger partial charge < -0.3 is 30.4 Å². The monoisotopic (exact) mass is 613 g/mol. The third-order valence-corrected chi connectivity index (χ3v) is 8.89. The van der Waals surface area contributed by atoms with Crippen molar-refractivity contribution in [1.29, 1.82) is 0 Å². The number of aromatic nitrogens is 1. The molecule has 8 nitrogen and oxygen atoms in total. The normalized spacial score (nSPS) is 21.2. The predicted octanol–water partition coefficient (Wildman–Crippen LogP) is 4.97. The molecule has 1 aromatic heterocycles. The first-order valence-electron chi connectivity index (χ1n) is 14.7. The van der Waals surface area contributed by atoms with Crippen molar-refractivity contribution in [3.8, 4) is 17.6 Å². The second kappa shape index (κ2) is 11.9. The van der Waals surface area contributed by atoms with Gasteiger partial charge in [0.2, 0.25) is 0 Å². The molecule has 4 N–H and O–H groups in total. The van der Waals surface area contributed by atoms with Crippen molar-refractivity contribution >= 4 is 28.2 Å². The molecule has 0 radical (unpaired) electrons. The zero-order valence-electron chi connectivity index (χ0n) is 24.4. The number of rotatable bonds is 8. The lowest BCUT2D eigenvalue weighted by molar-refractivity contribution is -0.200. The van der Waals surface area contributed by atoms with Crippen molar-refractivity contribution in [3.63, 3.8) is 0 Å². The van der Waals surface area contributed by atoms with Crippen LogP contribution in [0.2, 0.25) is 0 Å². The van der Waals surface area contributed by atoms with Crippen LogP contribution in [0, 0.1) is 23.1 Å². The van der Waals surface area contributed by atoms with Gasteiger partial charge in [-0.3, -0.25) is 9.69 Å². The standard InChI is InChI=1S/C32H35F4N5O3/c1-43-29-13-23(30(37)42)25(33)14-27(29)38-11-3-4-22-12-24-26(5-2-6-28(24)41(22)17-32(34,35)36)39-20-7-9-21(10-8-20)40-15-31(16-40)18-44-19-31/h2,5-6,12-14,20-21,38-39H,7-11,15-19H2,1H3,(H2,37,42)/t20-,21-. The molecule has 3 aliphatic rings. The van der Waals surface area contributed by atoms with Gasteiger partial charge in [0, 0.05) is 47.7 Å². The Morgan fingerprint density at radius 2 is 1.89 bits per heavy atom. The van der Waals surface area contributed by atoms with Crippen LogP contribution in [0.4, 0.5) is 28.9 Å². The quantitative estimate of drug-likeness (QED) is 0.246. The van der Waals surface area contributed by atoms with E-state index in [1.54, 1.807) is 18.2 Å². The van der Waals surface area contributed by atoms with Crippen LogP contribution in [0.5, 0.6) is 5.75 Å². The van der Waals surface area contributed by atoms with E-state index < -0.39 is 24.4 Å². The SMILES string of the molecule is COc1cc(C(N)=O)c(F)cc1NCC#Cc1cc2c(N[C@H]3CC[C@H](N4CC5(COC5)C4)CC3)cccc2n1CC(F)(F)F. The number of primary amides is 1. The fourth-order valence-electron chi connectivity index (χ4n) is 6.64. The molecule has 2 aromatic carbocycles. The highest BCUT2D eigenvalue weighted by atomic mass is 19.4. The van der Waals surface area contributed by atoms with Crippen LogP contribution in [0.25, 0.3) is 10.9 Å². The van der Waals surface area contributed by atoms with Gasteiger partial charge in [-0.15, -0.1) is 0 Å². The molecule has 1 spiro atoms. The second-order valence-electron chi connectivity index (χ2n) is 12.1. The summed E-state index contributed by atoms with van der Waals surface area (Å²) in [6.45, 7) is 2.79. The summed E-state index contributed by atoms with van der Waals surface area (Å²) in [6.07, 6.45) is -0.288. The van der Waals surface area contributed by atoms with E-state index in [1.165, 1.54) is 17.7 Å². The number of nitrogens with two attached hydrogens (primary N) is 1. The van der Waals surface area contributed by atoms with Crippen molar-refractivity contribution < 1.29 is 31.8 Å². The van der Waals surface area contributed by atoms with Gasteiger partial charge in [0.25, 0.3) is 5.91 Å². The lowest BCUT2D eigenvalue weighted by Gasteiger charge is -2.58. The Bertz CT molecular complexity index is 1610. The number of hydrogen-bond acceptors (Lipinski definition) is 6. The Hall–Kier alpha value is -3.95.